The molecule has 0 amide bonds. The van der Waals surface area contributed by atoms with Crippen molar-refractivity contribution in [1.82, 2.24) is 4.31 Å². The van der Waals surface area contributed by atoms with Crippen molar-refractivity contribution in [1.29, 1.82) is 0 Å². The molecule has 2 rings (SSSR count). The van der Waals surface area contributed by atoms with Crippen molar-refractivity contribution in [2.45, 2.75) is 56.3 Å². The van der Waals surface area contributed by atoms with Crippen LogP contribution in [-0.4, -0.2) is 41.8 Å². The van der Waals surface area contributed by atoms with E-state index in [1.807, 2.05) is 0 Å². The van der Waals surface area contributed by atoms with E-state index in [1.165, 1.54) is 4.31 Å². The van der Waals surface area contributed by atoms with Gasteiger partial charge in [-0.05, 0) is 32.6 Å². The molecule has 1 aliphatic carbocycles. The smallest absolute Gasteiger partial charge is 0.217 e. The monoisotopic (exact) mass is 247 g/mol. The molecule has 1 unspecified atom stereocenters. The Kier molecular flexibility index (Phi) is 3.29. The molecular formula is C11H21NO3S. The molecule has 16 heavy (non-hydrogen) atoms. The van der Waals surface area contributed by atoms with E-state index in [0.29, 0.717) is 13.0 Å². The number of hydrogen-bond acceptors (Lipinski definition) is 3. The summed E-state index contributed by atoms with van der Waals surface area (Å²) in [4.78, 5) is 0. The molecule has 4 nitrogen and oxygen atoms in total. The van der Waals surface area contributed by atoms with Crippen LogP contribution in [0.15, 0.2) is 0 Å². The lowest BCUT2D eigenvalue weighted by atomic mass is 9.97. The molecule has 0 radical (unpaired) electrons. The van der Waals surface area contributed by atoms with Gasteiger partial charge in [0.1, 0.15) is 0 Å². The van der Waals surface area contributed by atoms with Crippen molar-refractivity contribution < 1.29 is 13.5 Å². The molecule has 5 heteroatoms. The summed E-state index contributed by atoms with van der Waals surface area (Å²) >= 11 is 0. The van der Waals surface area contributed by atoms with Crippen LogP contribution in [0.3, 0.4) is 0 Å². The number of sulfonamides is 1. The summed E-state index contributed by atoms with van der Waals surface area (Å²) in [5, 5.41) is 9.75. The van der Waals surface area contributed by atoms with Gasteiger partial charge in [0, 0.05) is 13.1 Å². The van der Waals surface area contributed by atoms with Crippen molar-refractivity contribution in [3.8, 4) is 0 Å². The maximum absolute atomic E-state index is 12.3. The highest BCUT2D eigenvalue weighted by Crippen LogP contribution is 2.30. The predicted molar refractivity (Wildman–Crippen MR) is 62.6 cm³/mol. The minimum absolute atomic E-state index is 0.193. The minimum atomic E-state index is -3.16. The highest BCUT2D eigenvalue weighted by molar-refractivity contribution is 7.89. The van der Waals surface area contributed by atoms with Gasteiger partial charge in [-0.15, -0.1) is 0 Å². The molecule has 0 aromatic carbocycles. The van der Waals surface area contributed by atoms with Crippen molar-refractivity contribution >= 4 is 10.0 Å². The van der Waals surface area contributed by atoms with E-state index in [4.69, 9.17) is 0 Å². The molecule has 0 aromatic rings. The summed E-state index contributed by atoms with van der Waals surface area (Å²) in [6.45, 7) is 2.57. The number of aliphatic hydroxyl groups is 1. The third-order valence-electron chi connectivity index (χ3n) is 3.72. The van der Waals surface area contributed by atoms with Crippen molar-refractivity contribution in [2.24, 2.45) is 0 Å². The molecule has 0 aromatic heterocycles. The predicted octanol–water partition coefficient (Wildman–Crippen LogP) is 1.11. The number of hydrogen-bond donors (Lipinski definition) is 1. The second kappa shape index (κ2) is 4.27. The van der Waals surface area contributed by atoms with Gasteiger partial charge >= 0.3 is 0 Å². The van der Waals surface area contributed by atoms with Crippen LogP contribution in [0, 0.1) is 0 Å². The van der Waals surface area contributed by atoms with Crippen LogP contribution in [0.4, 0.5) is 0 Å². The molecule has 1 aliphatic heterocycles. The average Bonchev–Trinajstić information content (AvgIpc) is 2.69. The molecule has 94 valence electrons. The van der Waals surface area contributed by atoms with Crippen molar-refractivity contribution in [2.75, 3.05) is 13.1 Å². The SMILES string of the molecule is CC1(O)CCCN(S(=O)(=O)C2CCCC2)C1. The van der Waals surface area contributed by atoms with Crippen LogP contribution < -0.4 is 0 Å². The van der Waals surface area contributed by atoms with Crippen molar-refractivity contribution in [3.05, 3.63) is 0 Å². The number of rotatable bonds is 2. The van der Waals surface area contributed by atoms with Gasteiger partial charge in [0.25, 0.3) is 0 Å². The quantitative estimate of drug-likeness (QED) is 0.795. The summed E-state index contributed by atoms with van der Waals surface area (Å²) < 4.78 is 26.1. The Hall–Kier alpha value is -0.130. The van der Waals surface area contributed by atoms with E-state index in [9.17, 15) is 13.5 Å². The molecule has 1 atom stereocenters. The lowest BCUT2D eigenvalue weighted by Gasteiger charge is -2.37. The first kappa shape index (κ1) is 12.3. The summed E-state index contributed by atoms with van der Waals surface area (Å²) in [6, 6.07) is 0. The third-order valence-corrected chi connectivity index (χ3v) is 6.07. The maximum Gasteiger partial charge on any atom is 0.217 e. The highest BCUT2D eigenvalue weighted by atomic mass is 32.2. The van der Waals surface area contributed by atoms with E-state index in [0.717, 1.165) is 32.1 Å². The van der Waals surface area contributed by atoms with Gasteiger partial charge in [0.15, 0.2) is 0 Å². The Morgan fingerprint density at radius 1 is 1.25 bits per heavy atom. The normalized spacial score (nSPS) is 34.4. The zero-order valence-corrected chi connectivity index (χ0v) is 10.7. The third kappa shape index (κ3) is 2.41. The first-order chi connectivity index (χ1) is 7.42. The largest absolute Gasteiger partial charge is 0.389 e. The Bertz CT molecular complexity index is 344. The average molecular weight is 247 g/mol. The van der Waals surface area contributed by atoms with E-state index >= 15 is 0 Å². The van der Waals surface area contributed by atoms with Gasteiger partial charge in [0.05, 0.1) is 10.9 Å². The molecule has 0 spiro atoms. The summed E-state index contributed by atoms with van der Waals surface area (Å²) in [7, 11) is -3.16. The van der Waals surface area contributed by atoms with E-state index in [-0.39, 0.29) is 11.8 Å². The maximum atomic E-state index is 12.3. The molecular weight excluding hydrogens is 226 g/mol. The van der Waals surface area contributed by atoms with Crippen LogP contribution in [0.1, 0.15) is 45.4 Å². The number of piperidine rings is 1. The standard InChI is InChI=1S/C11H21NO3S/c1-11(13)7-4-8-12(9-11)16(14,15)10-5-2-3-6-10/h10,13H,2-9H2,1H3. The van der Waals surface area contributed by atoms with Gasteiger partial charge in [-0.1, -0.05) is 12.8 Å². The zero-order valence-electron chi connectivity index (χ0n) is 9.85. The Balaban J connectivity index is 2.11. The molecule has 1 saturated carbocycles. The van der Waals surface area contributed by atoms with Gasteiger partial charge < -0.3 is 5.11 Å². The van der Waals surface area contributed by atoms with E-state index in [2.05, 4.69) is 0 Å². The fourth-order valence-electron chi connectivity index (χ4n) is 2.79. The Morgan fingerprint density at radius 3 is 2.44 bits per heavy atom. The van der Waals surface area contributed by atoms with Gasteiger partial charge in [-0.25, -0.2) is 8.42 Å². The first-order valence-corrected chi connectivity index (χ1v) is 7.63. The van der Waals surface area contributed by atoms with E-state index in [1.54, 1.807) is 6.92 Å². The molecule has 1 heterocycles. The molecule has 2 fully saturated rings. The second-order valence-corrected chi connectivity index (χ2v) is 7.60. The number of nitrogens with zero attached hydrogens (tertiary/aromatic N) is 1. The number of β-amino-alcohol motifs (C(OH)–C–C–N with tert-alkyl or cyclic N) is 1. The second-order valence-electron chi connectivity index (χ2n) is 5.39. The zero-order chi connectivity index (χ0) is 11.8. The van der Waals surface area contributed by atoms with Gasteiger partial charge in [-0.2, -0.15) is 4.31 Å². The van der Waals surface area contributed by atoms with Crippen LogP contribution in [0.5, 0.6) is 0 Å². The first-order valence-electron chi connectivity index (χ1n) is 6.13. The van der Waals surface area contributed by atoms with Crippen LogP contribution in [-0.2, 0) is 10.0 Å². The van der Waals surface area contributed by atoms with E-state index < -0.39 is 15.6 Å². The summed E-state index contributed by atoms with van der Waals surface area (Å²) in [5.74, 6) is 0. The van der Waals surface area contributed by atoms with Crippen molar-refractivity contribution in [3.63, 3.8) is 0 Å². The Morgan fingerprint density at radius 2 is 1.88 bits per heavy atom. The highest BCUT2D eigenvalue weighted by Gasteiger charge is 2.39. The summed E-state index contributed by atoms with van der Waals surface area (Å²) in [6.07, 6.45) is 5.09. The van der Waals surface area contributed by atoms with Crippen LogP contribution in [0.2, 0.25) is 0 Å². The molecule has 1 N–H and O–H groups in total. The topological polar surface area (TPSA) is 57.6 Å². The fraction of sp³-hybridized carbons (Fsp3) is 1.00. The van der Waals surface area contributed by atoms with Gasteiger partial charge in [0.2, 0.25) is 10.0 Å². The van der Waals surface area contributed by atoms with Gasteiger partial charge in [-0.3, -0.25) is 0 Å². The lowest BCUT2D eigenvalue weighted by molar-refractivity contribution is 0.00915. The lowest BCUT2D eigenvalue weighted by Crippen LogP contribution is -2.50. The molecule has 1 saturated heterocycles. The van der Waals surface area contributed by atoms with Crippen LogP contribution in [0.25, 0.3) is 0 Å². The fourth-order valence-corrected chi connectivity index (χ4v) is 4.98. The minimum Gasteiger partial charge on any atom is -0.389 e. The Labute approximate surface area is 97.7 Å². The molecule has 0 bridgehead atoms. The molecule has 2 aliphatic rings. The summed E-state index contributed by atoms with van der Waals surface area (Å²) in [5.41, 5.74) is -0.843. The van der Waals surface area contributed by atoms with Crippen LogP contribution >= 0.6 is 0 Å².